The normalized spacial score (nSPS) is 20.3. The van der Waals surface area contributed by atoms with E-state index in [2.05, 4.69) is 15.0 Å². The van der Waals surface area contributed by atoms with E-state index in [1.165, 1.54) is 16.8 Å². The fraction of sp³-hybridized carbons (Fsp3) is 0.292. The number of carbonyl (C=O) groups excluding carboxylic acids is 1. The van der Waals surface area contributed by atoms with Crippen LogP contribution in [0.2, 0.25) is 0 Å². The van der Waals surface area contributed by atoms with Crippen molar-refractivity contribution in [1.82, 2.24) is 14.3 Å². The summed E-state index contributed by atoms with van der Waals surface area (Å²) in [5, 5.41) is 11.6. The van der Waals surface area contributed by atoms with Gasteiger partial charge < -0.3 is 14.6 Å². The minimum Gasteiger partial charge on any atom is -0.372 e. The highest BCUT2D eigenvalue weighted by atomic mass is 32.2. The van der Waals surface area contributed by atoms with Crippen LogP contribution in [0.3, 0.4) is 0 Å². The Kier molecular flexibility index (Phi) is 6.98. The fourth-order valence-electron chi connectivity index (χ4n) is 4.14. The molecule has 0 radical (unpaired) electrons. The van der Waals surface area contributed by atoms with Crippen LogP contribution in [0, 0.1) is 22.1 Å². The Morgan fingerprint density at radius 3 is 2.89 bits per heavy atom. The summed E-state index contributed by atoms with van der Waals surface area (Å²) in [6.45, 7) is 2.25. The molecule has 9 nitrogen and oxygen atoms in total. The van der Waals surface area contributed by atoms with E-state index < -0.39 is 21.8 Å². The van der Waals surface area contributed by atoms with Gasteiger partial charge in [0.05, 0.1) is 17.6 Å². The van der Waals surface area contributed by atoms with Gasteiger partial charge in [0.25, 0.3) is 5.91 Å². The van der Waals surface area contributed by atoms with Gasteiger partial charge in [0.2, 0.25) is 5.95 Å². The molecule has 3 heterocycles. The molecule has 2 aromatic heterocycles. The van der Waals surface area contributed by atoms with Gasteiger partial charge in [-0.05, 0) is 31.4 Å². The minimum absolute atomic E-state index is 0.0770. The number of aromatic nitrogens is 2. The Labute approximate surface area is 203 Å². The van der Waals surface area contributed by atoms with Gasteiger partial charge in [0.1, 0.15) is 27.4 Å². The van der Waals surface area contributed by atoms with Crippen molar-refractivity contribution in [3.8, 4) is 6.07 Å². The Morgan fingerprint density at radius 1 is 1.43 bits per heavy atom. The highest BCUT2D eigenvalue weighted by molar-refractivity contribution is 7.90. The van der Waals surface area contributed by atoms with Crippen molar-refractivity contribution in [1.29, 1.82) is 10.0 Å². The number of amides is 1. The average molecular weight is 497 g/mol. The molecule has 0 aliphatic carbocycles. The van der Waals surface area contributed by atoms with Crippen molar-refractivity contribution in [2.24, 2.45) is 7.05 Å². The predicted molar refractivity (Wildman–Crippen MR) is 127 cm³/mol. The highest BCUT2D eigenvalue weighted by Crippen LogP contribution is 2.29. The van der Waals surface area contributed by atoms with Crippen molar-refractivity contribution in [3.63, 3.8) is 0 Å². The molecule has 0 fully saturated rings. The van der Waals surface area contributed by atoms with Gasteiger partial charge >= 0.3 is 0 Å². The first-order valence-corrected chi connectivity index (χ1v) is 12.5. The van der Waals surface area contributed by atoms with Gasteiger partial charge in [-0.25, -0.2) is 18.7 Å². The standard InChI is InChI=1S/C24H25FN6O3S/c1-15(34-14-16-6-4-3-5-7-16)20-9-8-19-21(35(27,33)30-20)13-31(2)23(19)24(32)29-17-10-18(12-26)28-22(25)11-17/h3-7,10-11,13,15,20H,8-9,14H2,1-2H3,(H2,27,30,33)(H,28,29,32)/t15-,20?,35?/m1/s1. The number of ether oxygens (including phenoxy) is 1. The van der Waals surface area contributed by atoms with E-state index >= 15 is 0 Å². The summed E-state index contributed by atoms with van der Waals surface area (Å²) in [5.41, 5.74) is 1.63. The third-order valence-electron chi connectivity index (χ3n) is 5.88. The van der Waals surface area contributed by atoms with Crippen LogP contribution in [0.1, 0.15) is 40.7 Å². The molecule has 3 N–H and O–H groups in total. The third kappa shape index (κ3) is 5.40. The maximum absolute atomic E-state index is 13.7. The number of nitrogens with zero attached hydrogens (tertiary/aromatic N) is 3. The van der Waals surface area contributed by atoms with Gasteiger partial charge in [0.15, 0.2) is 0 Å². The Balaban J connectivity index is 1.55. The number of pyridine rings is 1. The Morgan fingerprint density at radius 2 is 2.17 bits per heavy atom. The quantitative estimate of drug-likeness (QED) is 0.449. The number of aryl methyl sites for hydroxylation is 1. The average Bonchev–Trinajstić information content (AvgIpc) is 3.11. The second-order valence-electron chi connectivity index (χ2n) is 8.38. The van der Waals surface area contributed by atoms with Crippen LogP contribution in [-0.4, -0.2) is 31.8 Å². The lowest BCUT2D eigenvalue weighted by Crippen LogP contribution is -2.41. The molecule has 4 rings (SSSR count). The lowest BCUT2D eigenvalue weighted by Gasteiger charge is -2.24. The van der Waals surface area contributed by atoms with Gasteiger partial charge in [-0.2, -0.15) is 9.65 Å². The number of hydrogen-bond donors (Lipinski definition) is 3. The Hall–Kier alpha value is -3.59. The molecule has 1 aliphatic rings. The molecular weight excluding hydrogens is 471 g/mol. The van der Waals surface area contributed by atoms with Crippen LogP contribution < -0.4 is 10.0 Å². The summed E-state index contributed by atoms with van der Waals surface area (Å²) in [5.74, 6) is -1.46. The SMILES string of the molecule is C[C@@H](OCc1ccccc1)C1CCc2c(cn(C)c2C(=O)Nc2cc(F)nc(C#N)c2)S(=N)(=O)N1. The predicted octanol–water partition coefficient (Wildman–Crippen LogP) is 3.51. The number of fused-ring (bicyclic) bond motifs is 1. The second kappa shape index (κ2) is 9.95. The lowest BCUT2D eigenvalue weighted by atomic mass is 10.0. The lowest BCUT2D eigenvalue weighted by molar-refractivity contribution is 0.0308. The Bertz CT molecular complexity index is 1400. The summed E-state index contributed by atoms with van der Waals surface area (Å²) < 4.78 is 46.0. The zero-order chi connectivity index (χ0) is 25.2. The van der Waals surface area contributed by atoms with Gasteiger partial charge in [-0.3, -0.25) is 4.79 Å². The summed E-state index contributed by atoms with van der Waals surface area (Å²) in [6, 6.07) is 13.3. The monoisotopic (exact) mass is 496 g/mol. The molecule has 1 aromatic carbocycles. The molecule has 1 aliphatic heterocycles. The number of anilines is 1. The molecular formula is C24H25FN6O3S. The molecule has 182 valence electrons. The van der Waals surface area contributed by atoms with E-state index in [1.54, 1.807) is 13.1 Å². The van der Waals surface area contributed by atoms with E-state index in [1.807, 2.05) is 37.3 Å². The third-order valence-corrected chi connectivity index (χ3v) is 7.49. The maximum atomic E-state index is 13.7. The summed E-state index contributed by atoms with van der Waals surface area (Å²) in [6.07, 6.45) is 2.06. The van der Waals surface area contributed by atoms with Crippen molar-refractivity contribution in [2.75, 3.05) is 5.32 Å². The number of halogens is 1. The molecule has 35 heavy (non-hydrogen) atoms. The number of benzene rings is 1. The molecule has 0 saturated heterocycles. The zero-order valence-corrected chi connectivity index (χ0v) is 20.1. The van der Waals surface area contributed by atoms with E-state index in [0.29, 0.717) is 25.0 Å². The molecule has 0 spiro atoms. The van der Waals surface area contributed by atoms with Gasteiger partial charge in [0, 0.05) is 36.6 Å². The number of nitrogens with one attached hydrogen (secondary N) is 3. The van der Waals surface area contributed by atoms with Crippen molar-refractivity contribution in [2.45, 2.75) is 43.4 Å². The smallest absolute Gasteiger partial charge is 0.272 e. The van der Waals surface area contributed by atoms with Crippen LogP contribution in [-0.2, 0) is 34.7 Å². The highest BCUT2D eigenvalue weighted by Gasteiger charge is 2.33. The van der Waals surface area contributed by atoms with E-state index in [-0.39, 0.29) is 34.1 Å². The molecule has 3 aromatic rings. The zero-order valence-electron chi connectivity index (χ0n) is 19.2. The molecule has 3 atom stereocenters. The number of rotatable bonds is 6. The molecule has 1 amide bonds. The summed E-state index contributed by atoms with van der Waals surface area (Å²) >= 11 is 0. The minimum atomic E-state index is -3.42. The van der Waals surface area contributed by atoms with E-state index in [9.17, 15) is 13.4 Å². The van der Waals surface area contributed by atoms with Gasteiger partial charge in [-0.15, -0.1) is 0 Å². The van der Waals surface area contributed by atoms with Crippen molar-refractivity contribution >= 4 is 21.5 Å². The topological polar surface area (TPSA) is 133 Å². The maximum Gasteiger partial charge on any atom is 0.272 e. The first kappa shape index (κ1) is 24.5. The van der Waals surface area contributed by atoms with Crippen LogP contribution in [0.25, 0.3) is 0 Å². The number of carbonyl (C=O) groups is 1. The van der Waals surface area contributed by atoms with E-state index in [4.69, 9.17) is 14.8 Å². The number of hydrogen-bond acceptors (Lipinski definition) is 6. The van der Waals surface area contributed by atoms with Crippen LogP contribution >= 0.6 is 0 Å². The largest absolute Gasteiger partial charge is 0.372 e. The summed E-state index contributed by atoms with van der Waals surface area (Å²) in [4.78, 5) is 16.8. The summed E-state index contributed by atoms with van der Waals surface area (Å²) in [7, 11) is -1.80. The molecule has 11 heteroatoms. The number of nitriles is 1. The second-order valence-corrected chi connectivity index (χ2v) is 10.2. The molecule has 0 bridgehead atoms. The van der Waals surface area contributed by atoms with Gasteiger partial charge in [-0.1, -0.05) is 30.3 Å². The first-order chi connectivity index (χ1) is 16.7. The molecule has 2 unspecified atom stereocenters. The molecule has 0 saturated carbocycles. The fourth-order valence-corrected chi connectivity index (χ4v) is 5.85. The van der Waals surface area contributed by atoms with E-state index in [0.717, 1.165) is 11.6 Å². The van der Waals surface area contributed by atoms with Crippen LogP contribution in [0.15, 0.2) is 53.6 Å². The van der Waals surface area contributed by atoms with Crippen molar-refractivity contribution in [3.05, 3.63) is 77.1 Å². The van der Waals surface area contributed by atoms with Crippen LogP contribution in [0.4, 0.5) is 10.1 Å². The first-order valence-electron chi connectivity index (χ1n) is 11.0. The van der Waals surface area contributed by atoms with Crippen molar-refractivity contribution < 1.29 is 18.1 Å². The van der Waals surface area contributed by atoms with Crippen LogP contribution in [0.5, 0.6) is 0 Å².